The van der Waals surface area contributed by atoms with E-state index in [0.717, 1.165) is 5.75 Å². The summed E-state index contributed by atoms with van der Waals surface area (Å²) in [6.07, 6.45) is 1.28. The minimum atomic E-state index is -0.595. The lowest BCUT2D eigenvalue weighted by atomic mass is 10.00. The number of carbonyl (C=O) groups is 2. The number of ether oxygens (including phenoxy) is 1. The van der Waals surface area contributed by atoms with Crippen LogP contribution in [0.5, 0.6) is 5.75 Å². The van der Waals surface area contributed by atoms with Crippen LogP contribution in [0, 0.1) is 10.1 Å². The van der Waals surface area contributed by atoms with Gasteiger partial charge in [0.1, 0.15) is 10.8 Å². The van der Waals surface area contributed by atoms with Gasteiger partial charge in [0, 0.05) is 42.6 Å². The molecule has 2 heterocycles. The fraction of sp³-hybridized carbons (Fsp3) is 0.364. The zero-order valence-corrected chi connectivity index (χ0v) is 19.0. The van der Waals surface area contributed by atoms with Crippen LogP contribution in [-0.4, -0.2) is 63.9 Å². The van der Waals surface area contributed by atoms with E-state index in [1.54, 1.807) is 48.0 Å². The maximum absolute atomic E-state index is 13.2. The number of amides is 2. The van der Waals surface area contributed by atoms with Gasteiger partial charge in [-0.15, -0.1) is 11.8 Å². The Kier molecular flexibility index (Phi) is 6.30. The highest BCUT2D eigenvalue weighted by Crippen LogP contribution is 2.44. The van der Waals surface area contributed by atoms with Crippen molar-refractivity contribution in [2.45, 2.75) is 17.7 Å². The lowest BCUT2D eigenvalue weighted by Gasteiger charge is -2.44. The molecule has 1 spiro atoms. The van der Waals surface area contributed by atoms with Crippen LogP contribution < -0.4 is 4.74 Å². The third kappa shape index (κ3) is 4.14. The smallest absolute Gasteiger partial charge is 0.288 e. The second-order valence-electron chi connectivity index (χ2n) is 7.70. The molecule has 0 aromatic heterocycles. The minimum Gasteiger partial charge on any atom is -0.497 e. The first-order valence-corrected chi connectivity index (χ1v) is 11.5. The Morgan fingerprint density at radius 1 is 1.06 bits per heavy atom. The van der Waals surface area contributed by atoms with Gasteiger partial charge in [-0.3, -0.25) is 19.7 Å². The molecule has 2 aromatic rings. The van der Waals surface area contributed by atoms with Crippen molar-refractivity contribution in [3.8, 4) is 5.75 Å². The fourth-order valence-corrected chi connectivity index (χ4v) is 5.87. The quantitative estimate of drug-likeness (QED) is 0.488. The van der Waals surface area contributed by atoms with E-state index >= 15 is 0 Å². The average molecular weight is 476 g/mol. The molecular weight excluding hydrogens is 454 g/mol. The molecule has 0 atom stereocenters. The normalized spacial score (nSPS) is 17.4. The fourth-order valence-electron chi connectivity index (χ4n) is 4.23. The number of hydrogen-bond acceptors (Lipinski definition) is 6. The highest BCUT2D eigenvalue weighted by Gasteiger charge is 2.47. The SMILES string of the molecule is COc1ccc(C(=O)N2CCSC23CCN(C(=O)c2ccc(Cl)c([N+](=O)[O-])c2)CC3)cc1. The van der Waals surface area contributed by atoms with Gasteiger partial charge in [0.15, 0.2) is 0 Å². The molecule has 2 aliphatic rings. The van der Waals surface area contributed by atoms with Crippen LogP contribution in [0.25, 0.3) is 0 Å². The van der Waals surface area contributed by atoms with E-state index in [1.165, 1.54) is 18.2 Å². The highest BCUT2D eigenvalue weighted by atomic mass is 35.5. The molecule has 2 aliphatic heterocycles. The highest BCUT2D eigenvalue weighted by molar-refractivity contribution is 8.00. The average Bonchev–Trinajstić information content (AvgIpc) is 3.21. The molecule has 2 fully saturated rings. The summed E-state index contributed by atoms with van der Waals surface area (Å²) in [5.74, 6) is 1.25. The molecule has 8 nitrogen and oxygen atoms in total. The number of piperidine rings is 1. The summed E-state index contributed by atoms with van der Waals surface area (Å²) in [5.41, 5.74) is 0.565. The third-order valence-electron chi connectivity index (χ3n) is 5.98. The number of carbonyl (C=O) groups excluding carboxylic acids is 2. The Labute approximate surface area is 194 Å². The van der Waals surface area contributed by atoms with Gasteiger partial charge in [0.05, 0.1) is 16.9 Å². The summed E-state index contributed by atoms with van der Waals surface area (Å²) in [4.78, 5) is 40.0. The molecule has 2 saturated heterocycles. The van der Waals surface area contributed by atoms with Gasteiger partial charge >= 0.3 is 0 Å². The summed E-state index contributed by atoms with van der Waals surface area (Å²) in [6, 6.07) is 11.2. The van der Waals surface area contributed by atoms with Gasteiger partial charge in [-0.1, -0.05) is 11.6 Å². The zero-order valence-electron chi connectivity index (χ0n) is 17.5. The molecule has 32 heavy (non-hydrogen) atoms. The van der Waals surface area contributed by atoms with Crippen LogP contribution in [0.4, 0.5) is 5.69 Å². The molecule has 0 unspecified atom stereocenters. The molecule has 2 aromatic carbocycles. The Morgan fingerprint density at radius 3 is 2.34 bits per heavy atom. The zero-order chi connectivity index (χ0) is 22.9. The molecule has 10 heteroatoms. The summed E-state index contributed by atoms with van der Waals surface area (Å²) in [7, 11) is 1.58. The first-order valence-electron chi connectivity index (χ1n) is 10.2. The number of nitro groups is 1. The van der Waals surface area contributed by atoms with Crippen molar-refractivity contribution in [2.75, 3.05) is 32.5 Å². The predicted octanol–water partition coefficient (Wildman–Crippen LogP) is 4.08. The van der Waals surface area contributed by atoms with Crippen LogP contribution in [0.1, 0.15) is 33.6 Å². The van der Waals surface area contributed by atoms with E-state index in [2.05, 4.69) is 0 Å². The second-order valence-corrected chi connectivity index (χ2v) is 9.56. The Balaban J connectivity index is 1.47. The van der Waals surface area contributed by atoms with Crippen LogP contribution >= 0.6 is 23.4 Å². The van der Waals surface area contributed by atoms with E-state index in [9.17, 15) is 19.7 Å². The van der Waals surface area contributed by atoms with Crippen LogP contribution in [0.3, 0.4) is 0 Å². The van der Waals surface area contributed by atoms with Gasteiger partial charge in [0.25, 0.3) is 17.5 Å². The van der Waals surface area contributed by atoms with Gasteiger partial charge in [-0.25, -0.2) is 0 Å². The predicted molar refractivity (Wildman–Crippen MR) is 122 cm³/mol. The third-order valence-corrected chi connectivity index (χ3v) is 7.85. The number of hydrogen-bond donors (Lipinski definition) is 0. The molecule has 168 valence electrons. The minimum absolute atomic E-state index is 0.000751. The topological polar surface area (TPSA) is 93.0 Å². The van der Waals surface area contributed by atoms with Gasteiger partial charge in [-0.05, 0) is 49.2 Å². The lowest BCUT2D eigenvalue weighted by Crippen LogP contribution is -2.53. The van der Waals surface area contributed by atoms with Crippen molar-refractivity contribution in [2.24, 2.45) is 0 Å². The number of nitro benzene ring substituents is 1. The van der Waals surface area contributed by atoms with Crippen LogP contribution in [0.2, 0.25) is 5.02 Å². The van der Waals surface area contributed by atoms with Crippen molar-refractivity contribution in [1.29, 1.82) is 0 Å². The standard InChI is InChI=1S/C22H22ClN3O5S/c1-31-17-5-2-15(3-6-17)21(28)25-12-13-32-22(25)8-10-24(11-9-22)20(27)16-4-7-18(23)19(14-16)26(29)30/h2-7,14H,8-13H2,1H3. The van der Waals surface area contributed by atoms with Crippen LogP contribution in [0.15, 0.2) is 42.5 Å². The molecule has 4 rings (SSSR count). The number of methoxy groups -OCH3 is 1. The summed E-state index contributed by atoms with van der Waals surface area (Å²) in [5, 5.41) is 11.1. The van der Waals surface area contributed by atoms with E-state index in [4.69, 9.17) is 16.3 Å². The number of halogens is 1. The number of benzene rings is 2. The summed E-state index contributed by atoms with van der Waals surface area (Å²) >= 11 is 7.62. The Hall–Kier alpha value is -2.78. The largest absolute Gasteiger partial charge is 0.497 e. The maximum Gasteiger partial charge on any atom is 0.288 e. The van der Waals surface area contributed by atoms with Gasteiger partial charge in [0.2, 0.25) is 0 Å². The number of thioether (sulfide) groups is 1. The molecule has 0 saturated carbocycles. The van der Waals surface area contributed by atoms with Gasteiger partial charge < -0.3 is 14.5 Å². The van der Waals surface area contributed by atoms with E-state index in [-0.39, 0.29) is 33.0 Å². The van der Waals surface area contributed by atoms with Crippen molar-refractivity contribution in [3.05, 3.63) is 68.7 Å². The van der Waals surface area contributed by atoms with Gasteiger partial charge in [-0.2, -0.15) is 0 Å². The Morgan fingerprint density at radius 2 is 1.72 bits per heavy atom. The number of likely N-dealkylation sites (tertiary alicyclic amines) is 1. The lowest BCUT2D eigenvalue weighted by molar-refractivity contribution is -0.384. The second kappa shape index (κ2) is 8.99. The van der Waals surface area contributed by atoms with Crippen LogP contribution in [-0.2, 0) is 0 Å². The first kappa shape index (κ1) is 22.4. The summed E-state index contributed by atoms with van der Waals surface area (Å²) in [6.45, 7) is 1.59. The maximum atomic E-state index is 13.2. The van der Waals surface area contributed by atoms with Crippen molar-refractivity contribution < 1.29 is 19.2 Å². The van der Waals surface area contributed by atoms with Crippen molar-refractivity contribution in [1.82, 2.24) is 9.80 Å². The molecular formula is C22H22ClN3O5S. The Bertz CT molecular complexity index is 1050. The van der Waals surface area contributed by atoms with E-state index < -0.39 is 4.92 Å². The first-order chi connectivity index (χ1) is 15.3. The molecule has 0 bridgehead atoms. The molecule has 0 N–H and O–H groups in total. The molecule has 0 radical (unpaired) electrons. The molecule has 2 amide bonds. The number of nitrogens with zero attached hydrogens (tertiary/aromatic N) is 3. The van der Waals surface area contributed by atoms with E-state index in [0.29, 0.717) is 43.8 Å². The number of rotatable bonds is 4. The summed E-state index contributed by atoms with van der Waals surface area (Å²) < 4.78 is 5.17. The van der Waals surface area contributed by atoms with Crippen molar-refractivity contribution >= 4 is 40.9 Å². The van der Waals surface area contributed by atoms with E-state index in [1.807, 2.05) is 4.90 Å². The molecule has 0 aliphatic carbocycles. The monoisotopic (exact) mass is 475 g/mol. The van der Waals surface area contributed by atoms with Crippen molar-refractivity contribution in [3.63, 3.8) is 0 Å².